The number of para-hydroxylation sites is 1. The zero-order valence-corrected chi connectivity index (χ0v) is 27.6. The van der Waals surface area contributed by atoms with Crippen LogP contribution in [0.4, 0.5) is 0 Å². The predicted molar refractivity (Wildman–Crippen MR) is 209 cm³/mol. The first-order valence-electron chi connectivity index (χ1n) is 17.7. The predicted octanol–water partition coefficient (Wildman–Crippen LogP) is 12.1. The molecule has 1 aromatic heterocycles. The zero-order chi connectivity index (χ0) is 33.3. The monoisotopic (exact) mass is 644 g/mol. The smallest absolute Gasteiger partial charge is 0.161 e. The Morgan fingerprint density at radius 3 is 1.71 bits per heavy atom. The quantitative estimate of drug-likeness (QED) is 0.187. The fourth-order valence-corrected chi connectivity index (χ4v) is 9.74. The van der Waals surface area contributed by atoms with Crippen LogP contribution in [0, 0.1) is 0 Å². The van der Waals surface area contributed by atoms with Gasteiger partial charge in [-0.05, 0) is 84.1 Å². The van der Waals surface area contributed by atoms with E-state index in [1.807, 2.05) is 0 Å². The maximum Gasteiger partial charge on any atom is 0.161 e. The third kappa shape index (κ3) is 3.32. The van der Waals surface area contributed by atoms with Crippen molar-refractivity contribution in [2.75, 3.05) is 0 Å². The van der Waals surface area contributed by atoms with Crippen LogP contribution in [0.2, 0.25) is 0 Å². The van der Waals surface area contributed by atoms with E-state index >= 15 is 0 Å². The zero-order valence-electron chi connectivity index (χ0n) is 27.6. The van der Waals surface area contributed by atoms with Gasteiger partial charge >= 0.3 is 0 Å². The van der Waals surface area contributed by atoms with Crippen molar-refractivity contribution in [3.63, 3.8) is 0 Å². The summed E-state index contributed by atoms with van der Waals surface area (Å²) >= 11 is 0. The number of nitrogens with zero attached hydrogens (tertiary/aromatic N) is 2. The van der Waals surface area contributed by atoms with Gasteiger partial charge in [-0.3, -0.25) is 0 Å². The Hall–Kier alpha value is -6.64. The van der Waals surface area contributed by atoms with Crippen molar-refractivity contribution >= 4 is 21.7 Å². The molecule has 1 heterocycles. The number of hydrogen-bond acceptors (Lipinski definition) is 2. The van der Waals surface area contributed by atoms with Crippen molar-refractivity contribution in [3.8, 4) is 67.2 Å². The van der Waals surface area contributed by atoms with E-state index in [4.69, 9.17) is 9.97 Å². The Balaban J connectivity index is 1.31. The maximum atomic E-state index is 5.59. The molecule has 3 aliphatic rings. The minimum absolute atomic E-state index is 0.481. The van der Waals surface area contributed by atoms with Gasteiger partial charge in [-0.25, -0.2) is 9.97 Å². The van der Waals surface area contributed by atoms with Crippen LogP contribution >= 0.6 is 0 Å². The summed E-state index contributed by atoms with van der Waals surface area (Å²) in [5.74, 6) is 0.761. The van der Waals surface area contributed by atoms with Gasteiger partial charge in [-0.15, -0.1) is 0 Å². The molecule has 3 aliphatic carbocycles. The van der Waals surface area contributed by atoms with Crippen LogP contribution < -0.4 is 0 Å². The fraction of sp³-hybridized carbons (Fsp3) is 0.0204. The van der Waals surface area contributed by atoms with Gasteiger partial charge in [-0.2, -0.15) is 0 Å². The second-order valence-corrected chi connectivity index (χ2v) is 14.0. The fourth-order valence-electron chi connectivity index (χ4n) is 9.74. The summed E-state index contributed by atoms with van der Waals surface area (Å²) in [6.07, 6.45) is 0. The number of benzene rings is 8. The van der Waals surface area contributed by atoms with Crippen molar-refractivity contribution in [2.45, 2.75) is 5.41 Å². The van der Waals surface area contributed by atoms with Gasteiger partial charge in [0.25, 0.3) is 0 Å². The van der Waals surface area contributed by atoms with E-state index in [0.29, 0.717) is 0 Å². The number of rotatable bonds is 2. The molecule has 0 amide bonds. The van der Waals surface area contributed by atoms with Gasteiger partial charge in [-0.1, -0.05) is 158 Å². The van der Waals surface area contributed by atoms with Gasteiger partial charge in [0.1, 0.15) is 0 Å². The summed E-state index contributed by atoms with van der Waals surface area (Å²) in [6, 6.07) is 62.2. The molecule has 0 aliphatic heterocycles. The highest BCUT2D eigenvalue weighted by Crippen LogP contribution is 2.66. The summed E-state index contributed by atoms with van der Waals surface area (Å²) in [6.45, 7) is 0. The van der Waals surface area contributed by atoms with Gasteiger partial charge in [0.15, 0.2) is 5.82 Å². The summed E-state index contributed by atoms with van der Waals surface area (Å²) in [5.41, 5.74) is 19.0. The van der Waals surface area contributed by atoms with E-state index in [0.717, 1.165) is 33.5 Å². The number of aromatic nitrogens is 2. The molecule has 0 unspecified atom stereocenters. The van der Waals surface area contributed by atoms with E-state index in [1.54, 1.807) is 0 Å². The van der Waals surface area contributed by atoms with Crippen molar-refractivity contribution in [1.29, 1.82) is 0 Å². The van der Waals surface area contributed by atoms with Crippen LogP contribution in [0.15, 0.2) is 170 Å². The minimum Gasteiger partial charge on any atom is -0.228 e. The Morgan fingerprint density at radius 1 is 0.373 bits per heavy atom. The SMILES string of the molecule is c1ccc(-c2nc(-c3c4c(cc5c3-c3ccccc3C53c5ccccc5-c5ccccc53)-c3cccc5cccc-4c35)nc3ccccc23)cc1. The molecule has 2 heteroatoms. The maximum absolute atomic E-state index is 5.59. The molecule has 0 saturated heterocycles. The van der Waals surface area contributed by atoms with Crippen molar-refractivity contribution in [3.05, 3.63) is 192 Å². The second-order valence-electron chi connectivity index (χ2n) is 14.0. The molecule has 0 bridgehead atoms. The third-order valence-electron chi connectivity index (χ3n) is 11.6. The Kier molecular flexibility index (Phi) is 5.20. The highest BCUT2D eigenvalue weighted by Gasteiger charge is 2.53. The third-order valence-corrected chi connectivity index (χ3v) is 11.6. The highest BCUT2D eigenvalue weighted by molar-refractivity contribution is 6.21. The lowest BCUT2D eigenvalue weighted by Crippen LogP contribution is -2.26. The van der Waals surface area contributed by atoms with E-state index in [2.05, 4.69) is 170 Å². The van der Waals surface area contributed by atoms with Crippen LogP contribution in [0.3, 0.4) is 0 Å². The molecule has 8 aromatic carbocycles. The molecule has 12 rings (SSSR count). The number of fused-ring (bicyclic) bond motifs is 14. The molecule has 234 valence electrons. The first kappa shape index (κ1) is 27.2. The Bertz CT molecular complexity index is 2920. The van der Waals surface area contributed by atoms with Crippen molar-refractivity contribution in [1.82, 2.24) is 9.97 Å². The van der Waals surface area contributed by atoms with Crippen LogP contribution in [0.5, 0.6) is 0 Å². The van der Waals surface area contributed by atoms with Gasteiger partial charge in [0.2, 0.25) is 0 Å². The van der Waals surface area contributed by atoms with Crippen molar-refractivity contribution in [2.24, 2.45) is 0 Å². The molecule has 0 radical (unpaired) electrons. The second kappa shape index (κ2) is 9.74. The molecule has 0 atom stereocenters. The number of hydrogen-bond donors (Lipinski definition) is 0. The largest absolute Gasteiger partial charge is 0.228 e. The van der Waals surface area contributed by atoms with Crippen LogP contribution in [0.25, 0.3) is 88.8 Å². The molecule has 0 saturated carbocycles. The van der Waals surface area contributed by atoms with Crippen molar-refractivity contribution < 1.29 is 0 Å². The summed E-state index contributed by atoms with van der Waals surface area (Å²) in [5, 5.41) is 3.61. The molecule has 51 heavy (non-hydrogen) atoms. The lowest BCUT2D eigenvalue weighted by Gasteiger charge is -2.31. The standard InChI is InChI=1S/C49H28N2/c1-2-14-30(15-3-1)47-35-21-7-11-27-42(35)50-48(51-47)46-44-36-23-13-17-29-16-12-22-33(43(29)36)37(44)28-41-45(46)34-20-6-10-26-40(34)49(41)38-24-8-4-18-31(38)32-19-5-9-25-39(32)49/h1-28H. The first-order chi connectivity index (χ1) is 25.3. The highest BCUT2D eigenvalue weighted by atomic mass is 14.9. The molecule has 1 spiro atoms. The first-order valence-corrected chi connectivity index (χ1v) is 17.7. The van der Waals surface area contributed by atoms with E-state index in [9.17, 15) is 0 Å². The average molecular weight is 645 g/mol. The van der Waals surface area contributed by atoms with E-state index < -0.39 is 5.41 Å². The van der Waals surface area contributed by atoms with Crippen LogP contribution in [-0.2, 0) is 5.41 Å². The van der Waals surface area contributed by atoms with Gasteiger partial charge in [0, 0.05) is 22.1 Å². The van der Waals surface area contributed by atoms with Crippen LogP contribution in [0.1, 0.15) is 22.3 Å². The van der Waals surface area contributed by atoms with Crippen LogP contribution in [-0.4, -0.2) is 9.97 Å². The summed E-state index contributed by atoms with van der Waals surface area (Å²) in [4.78, 5) is 11.1. The normalized spacial score (nSPS) is 13.6. The molecule has 0 N–H and O–H groups in total. The van der Waals surface area contributed by atoms with E-state index in [-0.39, 0.29) is 0 Å². The lowest BCUT2D eigenvalue weighted by atomic mass is 9.70. The average Bonchev–Trinajstić information content (AvgIpc) is 3.80. The lowest BCUT2D eigenvalue weighted by molar-refractivity contribution is 0.794. The molecular weight excluding hydrogens is 617 g/mol. The summed E-state index contributed by atoms with van der Waals surface area (Å²) in [7, 11) is 0. The molecule has 9 aromatic rings. The van der Waals surface area contributed by atoms with Gasteiger partial charge in [0.05, 0.1) is 16.6 Å². The Labute approximate surface area is 295 Å². The summed E-state index contributed by atoms with van der Waals surface area (Å²) < 4.78 is 0. The molecular formula is C49H28N2. The van der Waals surface area contributed by atoms with E-state index in [1.165, 1.54) is 77.5 Å². The topological polar surface area (TPSA) is 25.8 Å². The Morgan fingerprint density at radius 2 is 0.961 bits per heavy atom. The minimum atomic E-state index is -0.481. The van der Waals surface area contributed by atoms with Gasteiger partial charge < -0.3 is 0 Å². The molecule has 2 nitrogen and oxygen atoms in total. The molecule has 0 fully saturated rings.